The molecule has 0 saturated heterocycles. The number of benzene rings is 1. The van der Waals surface area contributed by atoms with Gasteiger partial charge in [0, 0.05) is 23.5 Å². The quantitative estimate of drug-likeness (QED) is 0.582. The number of halogens is 1. The Morgan fingerprint density at radius 2 is 2.00 bits per heavy atom. The second-order valence-corrected chi connectivity index (χ2v) is 5.36. The molecule has 0 aliphatic heterocycles. The molecule has 7 nitrogen and oxygen atoms in total. The number of nitrogen functional groups attached to an aromatic ring is 1. The number of para-hydroxylation sites is 2. The van der Waals surface area contributed by atoms with Crippen LogP contribution in [-0.2, 0) is 6.54 Å². The van der Waals surface area contributed by atoms with Crippen LogP contribution in [0.15, 0.2) is 53.3 Å². The third kappa shape index (κ3) is 3.19. The first-order valence-electron chi connectivity index (χ1n) is 7.50. The van der Waals surface area contributed by atoms with Crippen molar-refractivity contribution < 1.29 is 9.52 Å². The predicted octanol–water partition coefficient (Wildman–Crippen LogP) is 2.75. The molecule has 0 fully saturated rings. The van der Waals surface area contributed by atoms with Crippen LogP contribution in [0.4, 0.5) is 5.82 Å². The molecule has 0 unspecified atom stereocenters. The summed E-state index contributed by atoms with van der Waals surface area (Å²) in [5, 5.41) is 13.2. The van der Waals surface area contributed by atoms with Gasteiger partial charge in [-0.25, -0.2) is 9.97 Å². The van der Waals surface area contributed by atoms with Crippen molar-refractivity contribution in [1.29, 1.82) is 0 Å². The highest BCUT2D eigenvalue weighted by Gasteiger charge is 2.14. The van der Waals surface area contributed by atoms with Gasteiger partial charge < -0.3 is 15.3 Å². The fourth-order valence-corrected chi connectivity index (χ4v) is 2.53. The monoisotopic (exact) mass is 357 g/mol. The molecular formula is C17H16ClN5O2. The van der Waals surface area contributed by atoms with E-state index in [9.17, 15) is 0 Å². The lowest BCUT2D eigenvalue weighted by Crippen LogP contribution is -2.01. The van der Waals surface area contributed by atoms with Crippen molar-refractivity contribution in [1.82, 2.24) is 19.7 Å². The molecule has 3 heterocycles. The van der Waals surface area contributed by atoms with Gasteiger partial charge in [-0.3, -0.25) is 4.68 Å². The fraction of sp³-hybridized carbons (Fsp3) is 0.118. The Morgan fingerprint density at radius 3 is 2.80 bits per heavy atom. The van der Waals surface area contributed by atoms with Crippen LogP contribution in [0.5, 0.6) is 0 Å². The van der Waals surface area contributed by atoms with Crippen LogP contribution in [0.25, 0.3) is 33.7 Å². The standard InChI is InChI=1S/C17H15N5O2.ClH/c18-16-13(17-21-14-3-1-2-4-15(14)24-17)7-11(8-19-16)12-9-20-22(10-12)5-6-23;/h1-4,7-10,23H,5-6H2,(H2,18,19);1H. The van der Waals surface area contributed by atoms with E-state index in [-0.39, 0.29) is 19.0 Å². The van der Waals surface area contributed by atoms with Gasteiger partial charge in [-0.2, -0.15) is 5.10 Å². The van der Waals surface area contributed by atoms with E-state index in [1.54, 1.807) is 17.1 Å². The zero-order chi connectivity index (χ0) is 16.5. The minimum atomic E-state index is 0. The van der Waals surface area contributed by atoms with Crippen molar-refractivity contribution in [3.63, 3.8) is 0 Å². The highest BCUT2D eigenvalue weighted by atomic mass is 35.5. The number of nitrogens with two attached hydrogens (primary N) is 1. The predicted molar refractivity (Wildman–Crippen MR) is 97.2 cm³/mol. The second-order valence-electron chi connectivity index (χ2n) is 5.36. The van der Waals surface area contributed by atoms with E-state index in [0.717, 1.165) is 16.6 Å². The Labute approximate surface area is 149 Å². The first-order chi connectivity index (χ1) is 11.7. The van der Waals surface area contributed by atoms with Gasteiger partial charge in [0.1, 0.15) is 11.3 Å². The zero-order valence-corrected chi connectivity index (χ0v) is 14.0. The maximum Gasteiger partial charge on any atom is 0.231 e. The average molecular weight is 358 g/mol. The molecule has 4 rings (SSSR count). The van der Waals surface area contributed by atoms with Crippen LogP contribution in [0.1, 0.15) is 0 Å². The van der Waals surface area contributed by atoms with Crippen molar-refractivity contribution >= 4 is 29.3 Å². The van der Waals surface area contributed by atoms with Gasteiger partial charge in [-0.1, -0.05) is 12.1 Å². The van der Waals surface area contributed by atoms with Gasteiger partial charge >= 0.3 is 0 Å². The lowest BCUT2D eigenvalue weighted by molar-refractivity contribution is 0.269. The number of rotatable bonds is 4. The Hall–Kier alpha value is -2.90. The highest BCUT2D eigenvalue weighted by molar-refractivity contribution is 5.85. The lowest BCUT2D eigenvalue weighted by Gasteiger charge is -2.03. The van der Waals surface area contributed by atoms with Crippen LogP contribution in [0.3, 0.4) is 0 Å². The average Bonchev–Trinajstić information content (AvgIpc) is 3.22. The number of hydrogen-bond acceptors (Lipinski definition) is 6. The third-order valence-electron chi connectivity index (χ3n) is 3.74. The van der Waals surface area contributed by atoms with Gasteiger partial charge in [0.05, 0.1) is 24.9 Å². The third-order valence-corrected chi connectivity index (χ3v) is 3.74. The first-order valence-corrected chi connectivity index (χ1v) is 7.50. The molecule has 3 N–H and O–H groups in total. The second kappa shape index (κ2) is 6.92. The molecule has 0 amide bonds. The van der Waals surface area contributed by atoms with E-state index in [4.69, 9.17) is 15.3 Å². The summed E-state index contributed by atoms with van der Waals surface area (Å²) in [6.45, 7) is 0.482. The number of hydrogen-bond donors (Lipinski definition) is 2. The largest absolute Gasteiger partial charge is 0.436 e. The molecule has 1 aromatic carbocycles. The van der Waals surface area contributed by atoms with Crippen molar-refractivity contribution in [3.8, 4) is 22.6 Å². The molecular weight excluding hydrogens is 342 g/mol. The Bertz CT molecular complexity index is 978. The summed E-state index contributed by atoms with van der Waals surface area (Å²) in [5.41, 5.74) is 9.86. The molecule has 8 heteroatoms. The number of nitrogens with zero attached hydrogens (tertiary/aromatic N) is 4. The smallest absolute Gasteiger partial charge is 0.231 e. The summed E-state index contributed by atoms with van der Waals surface area (Å²) in [5.74, 6) is 0.791. The summed E-state index contributed by atoms with van der Waals surface area (Å²) in [6.07, 6.45) is 5.25. The number of aromatic nitrogens is 4. The summed E-state index contributed by atoms with van der Waals surface area (Å²) in [7, 11) is 0. The lowest BCUT2D eigenvalue weighted by atomic mass is 10.1. The normalized spacial score (nSPS) is 10.8. The Morgan fingerprint density at radius 1 is 1.16 bits per heavy atom. The minimum absolute atomic E-state index is 0. The SMILES string of the molecule is Cl.Nc1ncc(-c2cnn(CCO)c2)cc1-c1nc2ccccc2o1. The van der Waals surface area contributed by atoms with E-state index in [0.29, 0.717) is 29.4 Å². The molecule has 128 valence electrons. The maximum absolute atomic E-state index is 8.99. The molecule has 0 radical (unpaired) electrons. The molecule has 0 aliphatic rings. The minimum Gasteiger partial charge on any atom is -0.436 e. The van der Waals surface area contributed by atoms with E-state index >= 15 is 0 Å². The van der Waals surface area contributed by atoms with Crippen LogP contribution in [-0.4, -0.2) is 31.5 Å². The number of aliphatic hydroxyl groups excluding tert-OH is 1. The van der Waals surface area contributed by atoms with Gasteiger partial charge in [0.15, 0.2) is 5.58 Å². The summed E-state index contributed by atoms with van der Waals surface area (Å²) in [4.78, 5) is 8.72. The van der Waals surface area contributed by atoms with Gasteiger partial charge in [-0.15, -0.1) is 12.4 Å². The molecule has 0 saturated carbocycles. The number of anilines is 1. The van der Waals surface area contributed by atoms with Crippen LogP contribution < -0.4 is 5.73 Å². The van der Waals surface area contributed by atoms with Crippen molar-refractivity contribution in [2.24, 2.45) is 0 Å². The van der Waals surface area contributed by atoms with E-state index in [1.807, 2.05) is 36.5 Å². The number of fused-ring (bicyclic) bond motifs is 1. The molecule has 0 aliphatic carbocycles. The van der Waals surface area contributed by atoms with Gasteiger partial charge in [0.2, 0.25) is 5.89 Å². The fourth-order valence-electron chi connectivity index (χ4n) is 2.53. The number of aliphatic hydroxyl groups is 1. The Kier molecular flexibility index (Phi) is 4.69. The molecule has 25 heavy (non-hydrogen) atoms. The highest BCUT2D eigenvalue weighted by Crippen LogP contribution is 2.31. The maximum atomic E-state index is 8.99. The summed E-state index contributed by atoms with van der Waals surface area (Å²) >= 11 is 0. The summed E-state index contributed by atoms with van der Waals surface area (Å²) in [6, 6.07) is 9.42. The molecule has 0 bridgehead atoms. The zero-order valence-electron chi connectivity index (χ0n) is 13.2. The molecule has 0 spiro atoms. The molecule has 0 atom stereocenters. The first kappa shape index (κ1) is 16.9. The molecule has 4 aromatic rings. The van der Waals surface area contributed by atoms with Crippen LogP contribution in [0, 0.1) is 0 Å². The van der Waals surface area contributed by atoms with Gasteiger partial charge in [0.25, 0.3) is 0 Å². The van der Waals surface area contributed by atoms with Crippen molar-refractivity contribution in [3.05, 3.63) is 48.9 Å². The molecule has 3 aromatic heterocycles. The number of pyridine rings is 1. The van der Waals surface area contributed by atoms with Gasteiger partial charge in [-0.05, 0) is 18.2 Å². The Balaban J connectivity index is 0.00000182. The summed E-state index contributed by atoms with van der Waals surface area (Å²) < 4.78 is 7.46. The van der Waals surface area contributed by atoms with E-state index in [2.05, 4.69) is 15.1 Å². The number of oxazole rings is 1. The van der Waals surface area contributed by atoms with E-state index in [1.165, 1.54) is 0 Å². The van der Waals surface area contributed by atoms with Crippen LogP contribution in [0.2, 0.25) is 0 Å². The van der Waals surface area contributed by atoms with Crippen molar-refractivity contribution in [2.75, 3.05) is 12.3 Å². The van der Waals surface area contributed by atoms with Crippen molar-refractivity contribution in [2.45, 2.75) is 6.54 Å². The topological polar surface area (TPSA) is 103 Å². The van der Waals surface area contributed by atoms with E-state index < -0.39 is 0 Å². The van der Waals surface area contributed by atoms with Crippen LogP contribution >= 0.6 is 12.4 Å².